The molecule has 1 aliphatic carbocycles. The largest absolute Gasteiger partial charge is 0.314 e. The molecule has 1 saturated heterocycles. The van der Waals surface area contributed by atoms with Crippen LogP contribution in [-0.4, -0.2) is 23.6 Å². The minimum Gasteiger partial charge on any atom is -0.314 e. The zero-order valence-corrected chi connectivity index (χ0v) is 12.5. The number of pyridine rings is 1. The van der Waals surface area contributed by atoms with E-state index >= 15 is 0 Å². The molecule has 2 fully saturated rings. The standard InChI is InChI=1S/C17H27N3/c1-13(15-8-4-5-11-18-15)20-17-9-3-2-7-14(17)16-10-6-12-19-16/h4-5,8,11,13-14,16-17,19-20H,2-3,6-7,9-10,12H2,1H3/t13-,14?,16?,17?/m1/s1. The maximum Gasteiger partial charge on any atom is 0.0570 e. The Hall–Kier alpha value is -0.930. The van der Waals surface area contributed by atoms with E-state index in [1.165, 1.54) is 45.1 Å². The summed E-state index contributed by atoms with van der Waals surface area (Å²) in [6, 6.07) is 7.94. The molecule has 0 spiro atoms. The van der Waals surface area contributed by atoms with Gasteiger partial charge in [0.1, 0.15) is 0 Å². The summed E-state index contributed by atoms with van der Waals surface area (Å²) in [5.74, 6) is 0.803. The highest BCUT2D eigenvalue weighted by molar-refractivity contribution is 5.08. The van der Waals surface area contributed by atoms with Crippen molar-refractivity contribution in [1.82, 2.24) is 15.6 Å². The van der Waals surface area contributed by atoms with Gasteiger partial charge >= 0.3 is 0 Å². The third-order valence-corrected chi connectivity index (χ3v) is 5.03. The summed E-state index contributed by atoms with van der Waals surface area (Å²) in [5, 5.41) is 7.57. The highest BCUT2D eigenvalue weighted by atomic mass is 15.0. The minimum atomic E-state index is 0.350. The molecule has 0 aromatic carbocycles. The maximum atomic E-state index is 4.49. The van der Waals surface area contributed by atoms with Crippen LogP contribution in [0.4, 0.5) is 0 Å². The Morgan fingerprint density at radius 3 is 2.85 bits per heavy atom. The summed E-state index contributed by atoms with van der Waals surface area (Å²) < 4.78 is 0. The molecule has 2 N–H and O–H groups in total. The van der Waals surface area contributed by atoms with Crippen molar-refractivity contribution < 1.29 is 0 Å². The summed E-state index contributed by atoms with van der Waals surface area (Å²) in [6.07, 6.45) is 10.1. The van der Waals surface area contributed by atoms with E-state index in [9.17, 15) is 0 Å². The molecule has 0 amide bonds. The lowest BCUT2D eigenvalue weighted by molar-refractivity contribution is 0.203. The molecule has 2 aliphatic rings. The van der Waals surface area contributed by atoms with Crippen LogP contribution >= 0.6 is 0 Å². The summed E-state index contributed by atoms with van der Waals surface area (Å²) in [5.41, 5.74) is 1.16. The van der Waals surface area contributed by atoms with Crippen molar-refractivity contribution in [3.8, 4) is 0 Å². The molecule has 3 heteroatoms. The Morgan fingerprint density at radius 2 is 2.10 bits per heavy atom. The highest BCUT2D eigenvalue weighted by Gasteiger charge is 2.33. The van der Waals surface area contributed by atoms with Crippen molar-refractivity contribution in [3.63, 3.8) is 0 Å². The Balaban J connectivity index is 1.64. The third kappa shape index (κ3) is 3.21. The minimum absolute atomic E-state index is 0.350. The fourth-order valence-corrected chi connectivity index (χ4v) is 3.96. The van der Waals surface area contributed by atoms with Crippen LogP contribution in [0.25, 0.3) is 0 Å². The van der Waals surface area contributed by atoms with Crippen LogP contribution in [0.1, 0.15) is 57.2 Å². The van der Waals surface area contributed by atoms with Crippen LogP contribution in [0.15, 0.2) is 24.4 Å². The molecule has 110 valence electrons. The summed E-state index contributed by atoms with van der Waals surface area (Å²) in [4.78, 5) is 4.49. The third-order valence-electron chi connectivity index (χ3n) is 5.03. The molecular weight excluding hydrogens is 246 g/mol. The van der Waals surface area contributed by atoms with Crippen LogP contribution in [0.5, 0.6) is 0 Å². The van der Waals surface area contributed by atoms with E-state index in [1.807, 2.05) is 12.3 Å². The van der Waals surface area contributed by atoms with Gasteiger partial charge in [0, 0.05) is 24.3 Å². The number of hydrogen-bond acceptors (Lipinski definition) is 3. The van der Waals surface area contributed by atoms with E-state index < -0.39 is 0 Å². The lowest BCUT2D eigenvalue weighted by atomic mass is 9.79. The van der Waals surface area contributed by atoms with Crippen LogP contribution in [0.2, 0.25) is 0 Å². The number of hydrogen-bond donors (Lipinski definition) is 2. The molecule has 1 aromatic rings. The van der Waals surface area contributed by atoms with Gasteiger partial charge in [-0.15, -0.1) is 0 Å². The quantitative estimate of drug-likeness (QED) is 0.885. The molecule has 1 aliphatic heterocycles. The molecule has 3 unspecified atom stereocenters. The predicted molar refractivity (Wildman–Crippen MR) is 82.6 cm³/mol. The monoisotopic (exact) mass is 273 g/mol. The van der Waals surface area contributed by atoms with Gasteiger partial charge in [-0.1, -0.05) is 18.9 Å². The molecule has 4 atom stereocenters. The smallest absolute Gasteiger partial charge is 0.0570 e. The van der Waals surface area contributed by atoms with Crippen LogP contribution in [0, 0.1) is 5.92 Å². The Morgan fingerprint density at radius 1 is 1.20 bits per heavy atom. The van der Waals surface area contributed by atoms with Gasteiger partial charge in [0.25, 0.3) is 0 Å². The van der Waals surface area contributed by atoms with Crippen molar-refractivity contribution in [3.05, 3.63) is 30.1 Å². The van der Waals surface area contributed by atoms with Gasteiger partial charge in [-0.25, -0.2) is 0 Å². The summed E-state index contributed by atoms with van der Waals surface area (Å²) >= 11 is 0. The number of nitrogens with one attached hydrogen (secondary N) is 2. The van der Waals surface area contributed by atoms with Crippen molar-refractivity contribution in [1.29, 1.82) is 0 Å². The molecule has 3 rings (SSSR count). The number of nitrogens with zero attached hydrogens (tertiary/aromatic N) is 1. The van der Waals surface area contributed by atoms with Gasteiger partial charge in [0.05, 0.1) is 5.69 Å². The Kier molecular flexibility index (Phi) is 4.69. The van der Waals surface area contributed by atoms with E-state index in [1.54, 1.807) is 0 Å². The number of aromatic nitrogens is 1. The van der Waals surface area contributed by atoms with Crippen molar-refractivity contribution in [2.45, 2.75) is 63.6 Å². The van der Waals surface area contributed by atoms with E-state index in [2.05, 4.69) is 34.7 Å². The van der Waals surface area contributed by atoms with Crippen LogP contribution in [-0.2, 0) is 0 Å². The Bertz CT molecular complexity index is 400. The number of rotatable bonds is 4. The van der Waals surface area contributed by atoms with E-state index in [0.29, 0.717) is 12.1 Å². The van der Waals surface area contributed by atoms with Gasteiger partial charge in [-0.2, -0.15) is 0 Å². The first kappa shape index (κ1) is 14.0. The lowest BCUT2D eigenvalue weighted by Gasteiger charge is -2.38. The van der Waals surface area contributed by atoms with E-state index in [0.717, 1.165) is 17.7 Å². The first-order chi connectivity index (χ1) is 9.84. The molecule has 3 nitrogen and oxygen atoms in total. The SMILES string of the molecule is C[C@@H](NC1CCCCC1C1CCCN1)c1ccccn1. The van der Waals surface area contributed by atoms with Crippen LogP contribution in [0.3, 0.4) is 0 Å². The maximum absolute atomic E-state index is 4.49. The predicted octanol–water partition coefficient (Wildman–Crippen LogP) is 3.04. The Labute approximate surface area is 122 Å². The molecule has 2 heterocycles. The van der Waals surface area contributed by atoms with Crippen molar-refractivity contribution in [2.24, 2.45) is 5.92 Å². The zero-order valence-electron chi connectivity index (χ0n) is 12.5. The van der Waals surface area contributed by atoms with Gasteiger partial charge in [0.15, 0.2) is 0 Å². The van der Waals surface area contributed by atoms with Gasteiger partial charge in [-0.3, -0.25) is 4.98 Å². The van der Waals surface area contributed by atoms with Gasteiger partial charge < -0.3 is 10.6 Å². The lowest BCUT2D eigenvalue weighted by Crippen LogP contribution is -2.47. The van der Waals surface area contributed by atoms with Crippen molar-refractivity contribution in [2.75, 3.05) is 6.54 Å². The fourth-order valence-electron chi connectivity index (χ4n) is 3.96. The van der Waals surface area contributed by atoms with E-state index in [4.69, 9.17) is 0 Å². The van der Waals surface area contributed by atoms with E-state index in [-0.39, 0.29) is 0 Å². The second-order valence-electron chi connectivity index (χ2n) is 6.40. The average molecular weight is 273 g/mol. The second kappa shape index (κ2) is 6.68. The topological polar surface area (TPSA) is 37.0 Å². The normalized spacial score (nSPS) is 32.1. The summed E-state index contributed by atoms with van der Waals surface area (Å²) in [6.45, 7) is 3.46. The molecule has 1 aromatic heterocycles. The first-order valence-electron chi connectivity index (χ1n) is 8.25. The molecule has 1 saturated carbocycles. The molecule has 0 radical (unpaired) electrons. The molecule has 0 bridgehead atoms. The average Bonchev–Trinajstić information content (AvgIpc) is 3.03. The molecule has 20 heavy (non-hydrogen) atoms. The highest BCUT2D eigenvalue weighted by Crippen LogP contribution is 2.31. The van der Waals surface area contributed by atoms with Gasteiger partial charge in [-0.05, 0) is 57.2 Å². The first-order valence-corrected chi connectivity index (χ1v) is 8.25. The van der Waals surface area contributed by atoms with Gasteiger partial charge in [0.2, 0.25) is 0 Å². The zero-order chi connectivity index (χ0) is 13.8. The molecular formula is C17H27N3. The fraction of sp³-hybridized carbons (Fsp3) is 0.706. The van der Waals surface area contributed by atoms with Crippen LogP contribution < -0.4 is 10.6 Å². The second-order valence-corrected chi connectivity index (χ2v) is 6.40. The summed E-state index contributed by atoms with van der Waals surface area (Å²) in [7, 11) is 0. The van der Waals surface area contributed by atoms with Crippen molar-refractivity contribution >= 4 is 0 Å².